The molecule has 156 valence electrons. The number of carbonyl (C=O) groups is 2. The lowest BCUT2D eigenvalue weighted by molar-refractivity contribution is -0.137. The van der Waals surface area contributed by atoms with Crippen molar-refractivity contribution in [2.75, 3.05) is 65.9 Å². The normalized spacial score (nSPS) is 10.4. The third kappa shape index (κ3) is 22.0. The first-order chi connectivity index (χ1) is 13.2. The molecule has 0 unspecified atom stereocenters. The number of carbonyl (C=O) groups excluding carboxylic acids is 1. The number of unbranched alkanes of at least 4 members (excludes halogenated alkanes) is 1. The Kier molecular flexibility index (Phi) is 19.0. The van der Waals surface area contributed by atoms with Gasteiger partial charge in [0.2, 0.25) is 5.91 Å². The van der Waals surface area contributed by atoms with Gasteiger partial charge in [0, 0.05) is 30.8 Å². The van der Waals surface area contributed by atoms with Gasteiger partial charge in [-0.1, -0.05) is 5.11 Å². The van der Waals surface area contributed by atoms with E-state index in [4.69, 9.17) is 29.6 Å². The summed E-state index contributed by atoms with van der Waals surface area (Å²) in [4.78, 5) is 24.4. The van der Waals surface area contributed by atoms with E-state index in [2.05, 4.69) is 15.3 Å². The molecule has 0 spiro atoms. The highest BCUT2D eigenvalue weighted by molar-refractivity contribution is 5.75. The molecule has 0 heterocycles. The Morgan fingerprint density at radius 1 is 0.852 bits per heavy atom. The number of nitrogens with one attached hydrogen (secondary N) is 1. The quantitative estimate of drug-likeness (QED) is 0.137. The first-order valence-electron chi connectivity index (χ1n) is 8.97. The molecule has 0 aromatic heterocycles. The molecule has 0 aromatic carbocycles. The van der Waals surface area contributed by atoms with Crippen LogP contribution in [0.2, 0.25) is 0 Å². The Morgan fingerprint density at radius 3 is 1.93 bits per heavy atom. The third-order valence-corrected chi connectivity index (χ3v) is 3.13. The maximum absolute atomic E-state index is 11.5. The van der Waals surface area contributed by atoms with Crippen LogP contribution in [0, 0.1) is 0 Å². The largest absolute Gasteiger partial charge is 0.481 e. The number of hydrogen-bond acceptors (Lipinski definition) is 7. The summed E-state index contributed by atoms with van der Waals surface area (Å²) < 4.78 is 21.1. The van der Waals surface area contributed by atoms with Crippen LogP contribution in [0.3, 0.4) is 0 Å². The van der Waals surface area contributed by atoms with Gasteiger partial charge in [0.05, 0.1) is 52.9 Å². The van der Waals surface area contributed by atoms with Gasteiger partial charge in [0.25, 0.3) is 0 Å². The first-order valence-corrected chi connectivity index (χ1v) is 8.97. The monoisotopic (exact) mass is 390 g/mol. The summed E-state index contributed by atoms with van der Waals surface area (Å²) in [5.41, 5.74) is 8.07. The molecule has 0 aliphatic heterocycles. The first kappa shape index (κ1) is 25.1. The minimum atomic E-state index is -0.842. The SMILES string of the molecule is [N-]=[N+]=NCCOCCOCCOCCOCCNC(=O)CCCCC(=O)O. The van der Waals surface area contributed by atoms with Crippen LogP contribution in [0.15, 0.2) is 5.11 Å². The second kappa shape index (κ2) is 20.4. The van der Waals surface area contributed by atoms with Gasteiger partial charge in [-0.25, -0.2) is 0 Å². The average Bonchev–Trinajstić information content (AvgIpc) is 2.64. The maximum atomic E-state index is 11.5. The highest BCUT2D eigenvalue weighted by atomic mass is 16.6. The van der Waals surface area contributed by atoms with Crippen molar-refractivity contribution in [2.45, 2.75) is 25.7 Å². The Bertz CT molecular complexity index is 431. The summed E-state index contributed by atoms with van der Waals surface area (Å²) in [6.07, 6.45) is 1.49. The van der Waals surface area contributed by atoms with Crippen LogP contribution in [0.5, 0.6) is 0 Å². The minimum absolute atomic E-state index is 0.0914. The molecule has 0 radical (unpaired) electrons. The van der Waals surface area contributed by atoms with Crippen LogP contribution in [0.25, 0.3) is 10.4 Å². The van der Waals surface area contributed by atoms with Gasteiger partial charge in [0.1, 0.15) is 0 Å². The summed E-state index contributed by atoms with van der Waals surface area (Å²) in [6, 6.07) is 0. The third-order valence-electron chi connectivity index (χ3n) is 3.13. The number of carboxylic acids is 1. The lowest BCUT2D eigenvalue weighted by Crippen LogP contribution is -2.27. The van der Waals surface area contributed by atoms with E-state index in [-0.39, 0.29) is 12.3 Å². The standard InChI is InChI=1S/C16H30N4O7/c17-20-19-6-8-25-10-12-27-14-13-26-11-9-24-7-5-18-15(21)3-1-2-4-16(22)23/h1-14H2,(H,18,21)(H,22,23). The minimum Gasteiger partial charge on any atom is -0.481 e. The Hall–Kier alpha value is -1.91. The summed E-state index contributed by atoms with van der Waals surface area (Å²) in [5, 5.41) is 14.5. The molecule has 0 aromatic rings. The Morgan fingerprint density at radius 2 is 1.37 bits per heavy atom. The molecule has 0 aliphatic rings. The van der Waals surface area contributed by atoms with E-state index in [1.54, 1.807) is 0 Å². The predicted octanol–water partition coefficient (Wildman–Crippen LogP) is 1.12. The number of ether oxygens (including phenoxy) is 4. The van der Waals surface area contributed by atoms with Crippen molar-refractivity contribution in [3.05, 3.63) is 10.4 Å². The molecular formula is C16H30N4O7. The molecule has 0 fully saturated rings. The van der Waals surface area contributed by atoms with Gasteiger partial charge in [-0.2, -0.15) is 0 Å². The van der Waals surface area contributed by atoms with Crippen molar-refractivity contribution in [1.29, 1.82) is 0 Å². The molecule has 11 nitrogen and oxygen atoms in total. The summed E-state index contributed by atoms with van der Waals surface area (Å²) >= 11 is 0. The smallest absolute Gasteiger partial charge is 0.303 e. The van der Waals surface area contributed by atoms with E-state index in [0.717, 1.165) is 0 Å². The van der Waals surface area contributed by atoms with E-state index >= 15 is 0 Å². The van der Waals surface area contributed by atoms with Crippen molar-refractivity contribution >= 4 is 11.9 Å². The van der Waals surface area contributed by atoms with Crippen LogP contribution in [-0.2, 0) is 28.5 Å². The van der Waals surface area contributed by atoms with Crippen LogP contribution in [0.4, 0.5) is 0 Å². The van der Waals surface area contributed by atoms with Crippen molar-refractivity contribution in [2.24, 2.45) is 5.11 Å². The van der Waals surface area contributed by atoms with Gasteiger partial charge in [0.15, 0.2) is 0 Å². The van der Waals surface area contributed by atoms with Crippen LogP contribution in [0.1, 0.15) is 25.7 Å². The number of hydrogen-bond donors (Lipinski definition) is 2. The molecule has 0 saturated carbocycles. The lowest BCUT2D eigenvalue weighted by Gasteiger charge is -2.08. The zero-order chi connectivity index (χ0) is 20.0. The molecule has 0 rings (SSSR count). The second-order valence-corrected chi connectivity index (χ2v) is 5.35. The fraction of sp³-hybridized carbons (Fsp3) is 0.875. The summed E-state index contributed by atoms with van der Waals surface area (Å²) in [5.74, 6) is -0.940. The molecule has 27 heavy (non-hydrogen) atoms. The van der Waals surface area contributed by atoms with Crippen molar-refractivity contribution in [1.82, 2.24) is 5.32 Å². The lowest BCUT2D eigenvalue weighted by atomic mass is 10.2. The number of azide groups is 1. The van der Waals surface area contributed by atoms with Crippen molar-refractivity contribution in [3.63, 3.8) is 0 Å². The highest BCUT2D eigenvalue weighted by Gasteiger charge is 2.02. The topological polar surface area (TPSA) is 152 Å². The van der Waals surface area contributed by atoms with Crippen molar-refractivity contribution < 1.29 is 33.6 Å². The fourth-order valence-corrected chi connectivity index (χ4v) is 1.82. The number of rotatable bonds is 20. The van der Waals surface area contributed by atoms with E-state index < -0.39 is 5.97 Å². The summed E-state index contributed by atoms with van der Waals surface area (Å²) in [7, 11) is 0. The Labute approximate surface area is 158 Å². The molecule has 0 saturated heterocycles. The highest BCUT2D eigenvalue weighted by Crippen LogP contribution is 1.99. The van der Waals surface area contributed by atoms with Gasteiger partial charge < -0.3 is 29.4 Å². The molecule has 11 heteroatoms. The van der Waals surface area contributed by atoms with Gasteiger partial charge in [-0.05, 0) is 18.4 Å². The number of amides is 1. The summed E-state index contributed by atoms with van der Waals surface area (Å²) in [6.45, 7) is 4.18. The molecule has 0 bridgehead atoms. The Balaban J connectivity index is 3.15. The van der Waals surface area contributed by atoms with E-state index in [9.17, 15) is 9.59 Å². The van der Waals surface area contributed by atoms with Crippen LogP contribution < -0.4 is 5.32 Å². The van der Waals surface area contributed by atoms with Gasteiger partial charge in [-0.3, -0.25) is 9.59 Å². The van der Waals surface area contributed by atoms with Crippen LogP contribution >= 0.6 is 0 Å². The van der Waals surface area contributed by atoms with Crippen LogP contribution in [-0.4, -0.2) is 82.9 Å². The predicted molar refractivity (Wildman–Crippen MR) is 96.4 cm³/mol. The van der Waals surface area contributed by atoms with E-state index in [0.29, 0.717) is 85.2 Å². The number of nitrogens with zero attached hydrogens (tertiary/aromatic N) is 3. The zero-order valence-corrected chi connectivity index (χ0v) is 15.6. The molecule has 1 amide bonds. The second-order valence-electron chi connectivity index (χ2n) is 5.35. The maximum Gasteiger partial charge on any atom is 0.303 e. The van der Waals surface area contributed by atoms with Gasteiger partial charge in [-0.15, -0.1) is 0 Å². The molecule has 0 aliphatic carbocycles. The van der Waals surface area contributed by atoms with E-state index in [1.807, 2.05) is 0 Å². The zero-order valence-electron chi connectivity index (χ0n) is 15.6. The number of carboxylic acid groups (broad SMARTS) is 1. The number of aliphatic carboxylic acids is 1. The molecule has 2 N–H and O–H groups in total. The average molecular weight is 390 g/mol. The van der Waals surface area contributed by atoms with E-state index in [1.165, 1.54) is 0 Å². The van der Waals surface area contributed by atoms with Crippen molar-refractivity contribution in [3.8, 4) is 0 Å². The van der Waals surface area contributed by atoms with Gasteiger partial charge >= 0.3 is 5.97 Å². The molecule has 0 atom stereocenters. The fourth-order valence-electron chi connectivity index (χ4n) is 1.82. The molecular weight excluding hydrogens is 360 g/mol.